The number of pyridine rings is 1. The monoisotopic (exact) mass is 400 g/mol. The van der Waals surface area contributed by atoms with Crippen molar-refractivity contribution < 1.29 is 9.62 Å². The Bertz CT molecular complexity index is 1060. The highest BCUT2D eigenvalue weighted by Crippen LogP contribution is 2.42. The molecule has 2 heterocycles. The molecule has 1 aliphatic rings. The van der Waals surface area contributed by atoms with Crippen molar-refractivity contribution in [3.05, 3.63) is 46.2 Å². The van der Waals surface area contributed by atoms with Crippen molar-refractivity contribution in [2.45, 2.75) is 45.6 Å². The fourth-order valence-electron chi connectivity index (χ4n) is 3.06. The zero-order chi connectivity index (χ0) is 20.0. The molecule has 3 aromatic rings. The summed E-state index contributed by atoms with van der Waals surface area (Å²) < 4.78 is 12.0. The normalized spacial score (nSPS) is 14.4. The molecule has 4 rings (SSSR count). The number of benzene rings is 1. The maximum Gasteiger partial charge on any atom is 0.253 e. The molecule has 0 radical (unpaired) electrons. The molecule has 2 aromatic heterocycles. The van der Waals surface area contributed by atoms with E-state index < -0.39 is 0 Å². The maximum atomic E-state index is 12.1. The summed E-state index contributed by atoms with van der Waals surface area (Å²) in [5.74, 6) is 1.18. The smallest absolute Gasteiger partial charge is 0.253 e. The Kier molecular flexibility index (Phi) is 4.95. The summed E-state index contributed by atoms with van der Waals surface area (Å²) in [7, 11) is 1.75. The van der Waals surface area contributed by atoms with Gasteiger partial charge in [0.25, 0.3) is 5.56 Å². The summed E-state index contributed by atoms with van der Waals surface area (Å²) >= 11 is 1.11. The van der Waals surface area contributed by atoms with E-state index >= 15 is 0 Å². The van der Waals surface area contributed by atoms with Crippen LogP contribution in [0, 0.1) is 6.92 Å². The number of anilines is 1. The number of aromatic nitrogens is 2. The number of hydrogen-bond donors (Lipinski definition) is 2. The number of rotatable bonds is 6. The lowest BCUT2D eigenvalue weighted by Crippen LogP contribution is -2.21. The zero-order valence-electron chi connectivity index (χ0n) is 16.4. The first-order chi connectivity index (χ1) is 13.3. The summed E-state index contributed by atoms with van der Waals surface area (Å²) in [6.45, 7) is 5.61. The van der Waals surface area contributed by atoms with Crippen LogP contribution < -0.4 is 10.3 Å². The maximum absolute atomic E-state index is 12.1. The highest BCUT2D eigenvalue weighted by molar-refractivity contribution is 7.98. The molecule has 0 atom stereocenters. The van der Waals surface area contributed by atoms with Crippen molar-refractivity contribution in [2.24, 2.45) is 7.05 Å². The van der Waals surface area contributed by atoms with Gasteiger partial charge in [-0.15, -0.1) is 4.47 Å². The van der Waals surface area contributed by atoms with Crippen molar-refractivity contribution in [2.75, 3.05) is 4.72 Å². The Morgan fingerprint density at radius 3 is 2.75 bits per heavy atom. The van der Waals surface area contributed by atoms with Gasteiger partial charge in [-0.25, -0.2) is 4.98 Å². The SMILES string of the molecule is Cc1cc(-c2cc(NSN(O)C(C)C)cc3nc(C4CC4)oc23)cn(C)c1=O. The van der Waals surface area contributed by atoms with Crippen LogP contribution in [0.5, 0.6) is 0 Å². The van der Waals surface area contributed by atoms with E-state index in [0.717, 1.165) is 63.2 Å². The van der Waals surface area contributed by atoms with Crippen LogP contribution in [0.2, 0.25) is 0 Å². The van der Waals surface area contributed by atoms with Crippen LogP contribution in [0.4, 0.5) is 5.69 Å². The van der Waals surface area contributed by atoms with Crippen LogP contribution in [0.3, 0.4) is 0 Å². The number of aryl methyl sites for hydroxylation is 2. The number of fused-ring (bicyclic) bond motifs is 1. The van der Waals surface area contributed by atoms with Gasteiger partial charge in [-0.1, -0.05) is 0 Å². The fourth-order valence-corrected chi connectivity index (χ4v) is 3.59. The molecular formula is C20H24N4O3S. The Hall–Kier alpha value is -2.29. The third-order valence-corrected chi connectivity index (χ3v) is 5.74. The molecule has 1 aromatic carbocycles. The number of hydrogen-bond acceptors (Lipinski definition) is 7. The molecule has 7 nitrogen and oxygen atoms in total. The standard InChI is InChI=1S/C20H24N4O3S/c1-11(2)24(26)28-22-15-8-16(14-7-12(3)20(25)23(4)10-14)18-17(9-15)21-19(27-18)13-5-6-13/h7-11,13,22,26H,5-6H2,1-4H3. The number of nitrogens with zero attached hydrogens (tertiary/aromatic N) is 3. The van der Waals surface area contributed by atoms with E-state index in [2.05, 4.69) is 9.71 Å². The molecule has 0 unspecified atom stereocenters. The van der Waals surface area contributed by atoms with Crippen LogP contribution >= 0.6 is 12.1 Å². The van der Waals surface area contributed by atoms with Gasteiger partial charge in [-0.2, -0.15) is 0 Å². The highest BCUT2D eigenvalue weighted by atomic mass is 32.2. The van der Waals surface area contributed by atoms with Crippen molar-refractivity contribution in [3.63, 3.8) is 0 Å². The number of nitrogens with one attached hydrogen (secondary N) is 1. The molecule has 0 amide bonds. The van der Waals surface area contributed by atoms with Gasteiger partial charge < -0.3 is 18.9 Å². The molecule has 1 saturated carbocycles. The van der Waals surface area contributed by atoms with Gasteiger partial charge in [0.15, 0.2) is 11.5 Å². The predicted molar refractivity (Wildman–Crippen MR) is 111 cm³/mol. The Morgan fingerprint density at radius 1 is 1.36 bits per heavy atom. The molecule has 8 heteroatoms. The minimum atomic E-state index is -0.0273. The van der Waals surface area contributed by atoms with Crippen LogP contribution in [0.15, 0.2) is 33.6 Å². The average molecular weight is 401 g/mol. The molecule has 28 heavy (non-hydrogen) atoms. The predicted octanol–water partition coefficient (Wildman–Crippen LogP) is 4.45. The summed E-state index contributed by atoms with van der Waals surface area (Å²) in [6, 6.07) is 5.73. The molecule has 0 bridgehead atoms. The Labute approximate surface area is 167 Å². The highest BCUT2D eigenvalue weighted by Gasteiger charge is 2.29. The van der Waals surface area contributed by atoms with Gasteiger partial charge in [-0.05, 0) is 51.8 Å². The second-order valence-electron chi connectivity index (χ2n) is 7.62. The van der Waals surface area contributed by atoms with E-state index in [1.165, 1.54) is 0 Å². The van der Waals surface area contributed by atoms with Crippen LogP contribution in [-0.4, -0.2) is 25.3 Å². The minimum absolute atomic E-state index is 0.0195. The third kappa shape index (κ3) is 3.67. The number of oxazole rings is 1. The van der Waals surface area contributed by atoms with Crippen molar-refractivity contribution in [1.29, 1.82) is 0 Å². The first-order valence-corrected chi connectivity index (χ1v) is 10.1. The summed E-state index contributed by atoms with van der Waals surface area (Å²) in [6.07, 6.45) is 4.03. The average Bonchev–Trinajstić information content (AvgIpc) is 3.42. The van der Waals surface area contributed by atoms with Gasteiger partial charge >= 0.3 is 0 Å². The van der Waals surface area contributed by atoms with E-state index in [-0.39, 0.29) is 11.6 Å². The quantitative estimate of drug-likeness (QED) is 0.467. The fraction of sp³-hybridized carbons (Fsp3) is 0.400. The van der Waals surface area contributed by atoms with Gasteiger partial charge in [0, 0.05) is 47.6 Å². The lowest BCUT2D eigenvalue weighted by molar-refractivity contribution is -0.0104. The molecule has 1 fully saturated rings. The Morgan fingerprint density at radius 2 is 2.11 bits per heavy atom. The summed E-state index contributed by atoms with van der Waals surface area (Å²) in [5, 5.41) is 9.94. The number of hydroxylamine groups is 1. The second-order valence-corrected chi connectivity index (χ2v) is 8.38. The minimum Gasteiger partial charge on any atom is -0.440 e. The van der Waals surface area contributed by atoms with E-state index in [4.69, 9.17) is 4.42 Å². The molecule has 1 aliphatic carbocycles. The van der Waals surface area contributed by atoms with Crippen molar-refractivity contribution >= 4 is 28.9 Å². The first kappa shape index (κ1) is 19.0. The van der Waals surface area contributed by atoms with Crippen LogP contribution in [0.25, 0.3) is 22.2 Å². The van der Waals surface area contributed by atoms with E-state index in [1.54, 1.807) is 11.6 Å². The van der Waals surface area contributed by atoms with Gasteiger partial charge in [-0.3, -0.25) is 4.79 Å². The molecule has 0 saturated heterocycles. The lowest BCUT2D eigenvalue weighted by Gasteiger charge is -2.18. The molecule has 0 spiro atoms. The van der Waals surface area contributed by atoms with Gasteiger partial charge in [0.1, 0.15) is 5.52 Å². The topological polar surface area (TPSA) is 83.5 Å². The molecular weight excluding hydrogens is 376 g/mol. The van der Waals surface area contributed by atoms with Crippen molar-refractivity contribution in [1.82, 2.24) is 14.0 Å². The molecule has 148 valence electrons. The van der Waals surface area contributed by atoms with Crippen LogP contribution in [-0.2, 0) is 7.05 Å². The third-order valence-electron chi connectivity index (χ3n) is 4.81. The first-order valence-electron chi connectivity index (χ1n) is 9.36. The molecule has 2 N–H and O–H groups in total. The van der Waals surface area contributed by atoms with Gasteiger partial charge in [0.05, 0.1) is 12.1 Å². The molecule has 0 aliphatic heterocycles. The largest absolute Gasteiger partial charge is 0.440 e. The summed E-state index contributed by atoms with van der Waals surface area (Å²) in [5.41, 5.74) is 4.70. The van der Waals surface area contributed by atoms with E-state index in [9.17, 15) is 10.0 Å². The van der Waals surface area contributed by atoms with Crippen LogP contribution in [0.1, 0.15) is 44.1 Å². The van der Waals surface area contributed by atoms with Crippen molar-refractivity contribution in [3.8, 4) is 11.1 Å². The second kappa shape index (κ2) is 7.27. The lowest BCUT2D eigenvalue weighted by atomic mass is 10.0. The zero-order valence-corrected chi connectivity index (χ0v) is 17.2. The Balaban J connectivity index is 1.81. The van der Waals surface area contributed by atoms with Gasteiger partial charge in [0.2, 0.25) is 0 Å². The summed E-state index contributed by atoms with van der Waals surface area (Å²) in [4.78, 5) is 16.8. The van der Waals surface area contributed by atoms with E-state index in [1.807, 2.05) is 45.2 Å². The van der Waals surface area contributed by atoms with E-state index in [0.29, 0.717) is 11.5 Å².